The fourth-order valence-corrected chi connectivity index (χ4v) is 6.62. The van der Waals surface area contributed by atoms with Gasteiger partial charge in [-0.15, -0.1) is 11.3 Å². The molecule has 0 amide bonds. The Kier molecular flexibility index (Phi) is 6.79. The number of ether oxygens (including phenoxy) is 2. The van der Waals surface area contributed by atoms with Crippen LogP contribution in [0.4, 0.5) is 0 Å². The van der Waals surface area contributed by atoms with Gasteiger partial charge in [0.2, 0.25) is 0 Å². The fourth-order valence-electron chi connectivity index (χ4n) is 4.81. The molecule has 2 heterocycles. The number of methoxy groups -OCH3 is 1. The number of halogens is 2. The van der Waals surface area contributed by atoms with E-state index in [0.29, 0.717) is 38.9 Å². The topological polar surface area (TPSA) is 64.2 Å². The Morgan fingerprint density at radius 2 is 1.89 bits per heavy atom. The van der Waals surface area contributed by atoms with Gasteiger partial charge in [0.1, 0.15) is 17.3 Å². The number of hydrogen-bond donors (Lipinski definition) is 1. The molecule has 0 saturated heterocycles. The van der Waals surface area contributed by atoms with Gasteiger partial charge in [0.15, 0.2) is 11.5 Å². The van der Waals surface area contributed by atoms with Crippen molar-refractivity contribution in [2.75, 3.05) is 7.11 Å². The molecule has 1 N–H and O–H groups in total. The number of thiophene rings is 1. The average molecular weight is 544 g/mol. The lowest BCUT2D eigenvalue weighted by atomic mass is 9.72. The summed E-state index contributed by atoms with van der Waals surface area (Å²) in [7, 11) is 1.58. The smallest absolute Gasteiger partial charge is 0.260 e. The van der Waals surface area contributed by atoms with Crippen LogP contribution in [0.5, 0.6) is 11.5 Å². The second kappa shape index (κ2) is 9.73. The molecule has 2 aromatic heterocycles. The quantitative estimate of drug-likeness (QED) is 0.280. The molecule has 0 bridgehead atoms. The monoisotopic (exact) mass is 542 g/mol. The molecule has 1 aliphatic rings. The van der Waals surface area contributed by atoms with Crippen molar-refractivity contribution in [2.45, 2.75) is 46.6 Å². The van der Waals surface area contributed by atoms with Crippen LogP contribution >= 0.6 is 34.5 Å². The maximum Gasteiger partial charge on any atom is 0.260 e. The van der Waals surface area contributed by atoms with E-state index in [2.05, 4.69) is 25.8 Å². The predicted octanol–water partition coefficient (Wildman–Crippen LogP) is 7.70. The molecular weight excluding hydrogens is 515 g/mol. The second-order valence-electron chi connectivity index (χ2n) is 10.3. The molecule has 5 rings (SSSR count). The minimum atomic E-state index is -0.0886. The van der Waals surface area contributed by atoms with Gasteiger partial charge in [0.05, 0.1) is 12.5 Å². The largest absolute Gasteiger partial charge is 0.493 e. The number of nitrogens with one attached hydrogen (secondary N) is 1. The van der Waals surface area contributed by atoms with Crippen molar-refractivity contribution in [2.24, 2.45) is 11.3 Å². The van der Waals surface area contributed by atoms with Crippen LogP contribution in [0.3, 0.4) is 0 Å². The highest BCUT2D eigenvalue weighted by molar-refractivity contribution is 7.18. The maximum atomic E-state index is 13.2. The number of fused-ring (bicyclic) bond motifs is 3. The average Bonchev–Trinajstić information content (AvgIpc) is 3.21. The molecule has 2 aromatic carbocycles. The Balaban J connectivity index is 1.45. The summed E-state index contributed by atoms with van der Waals surface area (Å²) in [6.07, 6.45) is 3.03. The van der Waals surface area contributed by atoms with E-state index in [1.807, 2.05) is 12.1 Å². The number of nitrogens with zero attached hydrogens (tertiary/aromatic N) is 1. The van der Waals surface area contributed by atoms with Crippen molar-refractivity contribution in [1.82, 2.24) is 9.97 Å². The Morgan fingerprint density at radius 3 is 2.58 bits per heavy atom. The molecule has 5 nitrogen and oxygen atoms in total. The van der Waals surface area contributed by atoms with E-state index in [9.17, 15) is 4.79 Å². The minimum absolute atomic E-state index is 0.0886. The first-order chi connectivity index (χ1) is 17.2. The summed E-state index contributed by atoms with van der Waals surface area (Å²) < 4.78 is 11.5. The Hall–Kier alpha value is -2.54. The first kappa shape index (κ1) is 25.1. The van der Waals surface area contributed by atoms with Crippen LogP contribution in [0.25, 0.3) is 21.6 Å². The first-order valence-electron chi connectivity index (χ1n) is 11.9. The summed E-state index contributed by atoms with van der Waals surface area (Å²) in [5.74, 6) is 2.18. The number of aromatic amines is 1. The van der Waals surface area contributed by atoms with Crippen molar-refractivity contribution in [1.29, 1.82) is 0 Å². The van der Waals surface area contributed by atoms with Gasteiger partial charge in [-0.3, -0.25) is 4.79 Å². The first-order valence-corrected chi connectivity index (χ1v) is 13.5. The third-order valence-corrected chi connectivity index (χ3v) is 8.87. The van der Waals surface area contributed by atoms with E-state index in [0.717, 1.165) is 35.0 Å². The molecule has 0 spiro atoms. The number of aromatic nitrogens is 2. The summed E-state index contributed by atoms with van der Waals surface area (Å²) in [4.78, 5) is 23.1. The van der Waals surface area contributed by atoms with Gasteiger partial charge in [0.25, 0.3) is 5.56 Å². The zero-order valence-corrected chi connectivity index (χ0v) is 23.0. The normalized spacial score (nSPS) is 15.7. The maximum absolute atomic E-state index is 13.2. The lowest BCUT2D eigenvalue weighted by Gasteiger charge is -2.33. The van der Waals surface area contributed by atoms with Crippen LogP contribution in [-0.4, -0.2) is 17.1 Å². The van der Waals surface area contributed by atoms with Gasteiger partial charge < -0.3 is 14.5 Å². The van der Waals surface area contributed by atoms with Gasteiger partial charge in [0, 0.05) is 26.0 Å². The third kappa shape index (κ3) is 4.74. The molecule has 0 saturated carbocycles. The third-order valence-electron chi connectivity index (χ3n) is 7.01. The summed E-state index contributed by atoms with van der Waals surface area (Å²) in [6, 6.07) is 10.8. The summed E-state index contributed by atoms with van der Waals surface area (Å²) >= 11 is 14.2. The molecule has 4 aromatic rings. The molecule has 1 atom stereocenters. The number of hydrogen-bond acceptors (Lipinski definition) is 5. The van der Waals surface area contributed by atoms with E-state index in [1.165, 1.54) is 10.4 Å². The highest BCUT2D eigenvalue weighted by Crippen LogP contribution is 2.42. The number of H-pyrrole nitrogens is 1. The molecule has 1 aliphatic carbocycles. The van der Waals surface area contributed by atoms with Gasteiger partial charge >= 0.3 is 0 Å². The van der Waals surface area contributed by atoms with Crippen LogP contribution < -0.4 is 15.0 Å². The van der Waals surface area contributed by atoms with Gasteiger partial charge in [-0.25, -0.2) is 4.98 Å². The van der Waals surface area contributed by atoms with Crippen molar-refractivity contribution in [3.63, 3.8) is 0 Å². The van der Waals surface area contributed by atoms with Crippen molar-refractivity contribution in [3.05, 3.63) is 72.8 Å². The molecule has 0 aliphatic heterocycles. The molecular formula is C28H28Cl2N2O3S. The SMILES string of the molecule is COc1cc(-c2nc3sc4c(c3c(=O)[nH]2)CCC(C(C)(C)C)C4)ccc1OCc1c(Cl)cccc1Cl. The number of benzene rings is 2. The molecule has 1 unspecified atom stereocenters. The van der Waals surface area contributed by atoms with Crippen LogP contribution in [0.15, 0.2) is 41.2 Å². The molecule has 188 valence electrons. The minimum Gasteiger partial charge on any atom is -0.493 e. The Labute approximate surface area is 224 Å². The molecule has 0 fully saturated rings. The molecule has 36 heavy (non-hydrogen) atoms. The second-order valence-corrected chi connectivity index (χ2v) is 12.2. The number of aryl methyl sites for hydroxylation is 1. The van der Waals surface area contributed by atoms with E-state index >= 15 is 0 Å². The fraction of sp³-hybridized carbons (Fsp3) is 0.357. The lowest BCUT2D eigenvalue weighted by molar-refractivity contribution is 0.218. The highest BCUT2D eigenvalue weighted by Gasteiger charge is 2.31. The van der Waals surface area contributed by atoms with Crippen LogP contribution in [-0.2, 0) is 19.4 Å². The van der Waals surface area contributed by atoms with Crippen LogP contribution in [0.1, 0.15) is 43.2 Å². The van der Waals surface area contributed by atoms with E-state index < -0.39 is 0 Å². The number of rotatable bonds is 5. The van der Waals surface area contributed by atoms with Gasteiger partial charge in [-0.2, -0.15) is 0 Å². The van der Waals surface area contributed by atoms with Crippen LogP contribution in [0.2, 0.25) is 10.0 Å². The lowest BCUT2D eigenvalue weighted by Crippen LogP contribution is -2.26. The summed E-state index contributed by atoms with van der Waals surface area (Å²) in [6.45, 7) is 7.08. The summed E-state index contributed by atoms with van der Waals surface area (Å²) in [5, 5.41) is 1.83. The standard InChI is InChI=1S/C28H28Cl2N2O3S/c1-28(2,3)16-9-10-17-23(13-16)36-27-24(17)26(33)31-25(32-27)15-8-11-21(22(12-15)34-4)35-14-18-19(29)6-5-7-20(18)30/h5-8,11-12,16H,9-10,13-14H2,1-4H3,(H,31,32,33). The van der Waals surface area contributed by atoms with Gasteiger partial charge in [-0.05, 0) is 66.5 Å². The molecule has 0 radical (unpaired) electrons. The van der Waals surface area contributed by atoms with E-state index in [4.69, 9.17) is 37.7 Å². The van der Waals surface area contributed by atoms with Crippen molar-refractivity contribution >= 4 is 44.8 Å². The Bertz CT molecular complexity index is 1480. The predicted molar refractivity (Wildman–Crippen MR) is 148 cm³/mol. The van der Waals surface area contributed by atoms with Crippen molar-refractivity contribution < 1.29 is 9.47 Å². The Morgan fingerprint density at radius 1 is 1.14 bits per heavy atom. The van der Waals surface area contributed by atoms with E-state index in [-0.39, 0.29) is 17.6 Å². The zero-order chi connectivity index (χ0) is 25.6. The summed E-state index contributed by atoms with van der Waals surface area (Å²) in [5.41, 5.74) is 2.78. The van der Waals surface area contributed by atoms with Crippen molar-refractivity contribution in [3.8, 4) is 22.9 Å². The van der Waals surface area contributed by atoms with Gasteiger partial charge in [-0.1, -0.05) is 50.0 Å². The highest BCUT2D eigenvalue weighted by atomic mass is 35.5. The van der Waals surface area contributed by atoms with E-state index in [1.54, 1.807) is 42.7 Å². The van der Waals surface area contributed by atoms with Crippen LogP contribution in [0, 0.1) is 11.3 Å². The zero-order valence-electron chi connectivity index (χ0n) is 20.7. The molecule has 8 heteroatoms.